The van der Waals surface area contributed by atoms with Crippen molar-refractivity contribution in [2.45, 2.75) is 37.8 Å². The maximum absolute atomic E-state index is 12.7. The van der Waals surface area contributed by atoms with Crippen molar-refractivity contribution in [1.82, 2.24) is 45.9 Å². The third kappa shape index (κ3) is 3.60. The number of piperidine rings is 3. The van der Waals surface area contributed by atoms with Gasteiger partial charge in [0.15, 0.2) is 5.82 Å². The van der Waals surface area contributed by atoms with Crippen LogP contribution in [0.5, 0.6) is 0 Å². The van der Waals surface area contributed by atoms with Gasteiger partial charge in [-0.1, -0.05) is 0 Å². The van der Waals surface area contributed by atoms with E-state index in [1.807, 2.05) is 0 Å². The molecule has 11 nitrogen and oxygen atoms in total. The minimum atomic E-state index is -0.251. The van der Waals surface area contributed by atoms with E-state index in [1.54, 1.807) is 6.07 Å². The zero-order chi connectivity index (χ0) is 19.1. The fourth-order valence-corrected chi connectivity index (χ4v) is 5.00. The van der Waals surface area contributed by atoms with E-state index in [1.165, 1.54) is 11.0 Å². The Morgan fingerprint density at radius 1 is 1.31 bits per heavy atom. The molecule has 156 valence electrons. The van der Waals surface area contributed by atoms with Crippen molar-refractivity contribution in [2.24, 2.45) is 11.8 Å². The molecule has 0 aliphatic carbocycles. The zero-order valence-electron chi connectivity index (χ0n) is 15.8. The maximum atomic E-state index is 12.7. The standard InChI is InChI=1S/C17H23N9O2.ClH/c27-16-3-1-2-13-10-4-11(7-18-6-10)14(26(13)16)8-19-17(28)12-5-15(22-21-12)25-9-20-23-24-25;/h5,9-11,13-14,18H,1-4,6-8H2,(H,19,28)(H,21,22);1H/t10-,11+,13+,14+;/m1./s1. The third-order valence-corrected chi connectivity index (χ3v) is 6.26. The van der Waals surface area contributed by atoms with Gasteiger partial charge in [-0.25, -0.2) is 0 Å². The van der Waals surface area contributed by atoms with Gasteiger partial charge in [0.2, 0.25) is 5.91 Å². The summed E-state index contributed by atoms with van der Waals surface area (Å²) in [6.45, 7) is 2.32. The molecule has 3 N–H and O–H groups in total. The topological polar surface area (TPSA) is 134 Å². The summed E-state index contributed by atoms with van der Waals surface area (Å²) < 4.78 is 1.37. The minimum absolute atomic E-state index is 0. The van der Waals surface area contributed by atoms with Gasteiger partial charge in [0, 0.05) is 31.6 Å². The maximum Gasteiger partial charge on any atom is 0.269 e. The molecule has 3 fully saturated rings. The van der Waals surface area contributed by atoms with Crippen LogP contribution in [-0.2, 0) is 4.79 Å². The normalized spacial score (nSPS) is 28.4. The van der Waals surface area contributed by atoms with Gasteiger partial charge >= 0.3 is 0 Å². The van der Waals surface area contributed by atoms with Crippen LogP contribution >= 0.6 is 12.4 Å². The van der Waals surface area contributed by atoms with E-state index in [-0.39, 0.29) is 30.3 Å². The molecular formula is C17H24ClN9O2. The summed E-state index contributed by atoms with van der Waals surface area (Å²) in [4.78, 5) is 27.4. The number of rotatable bonds is 4. The molecule has 12 heteroatoms. The number of tetrazole rings is 1. The molecule has 2 bridgehead atoms. The van der Waals surface area contributed by atoms with Gasteiger partial charge in [-0.2, -0.15) is 9.78 Å². The number of carbonyl (C=O) groups is 2. The van der Waals surface area contributed by atoms with E-state index in [0.29, 0.717) is 42.4 Å². The second-order valence-corrected chi connectivity index (χ2v) is 7.85. The Morgan fingerprint density at radius 3 is 3.00 bits per heavy atom. The molecular weight excluding hydrogens is 398 g/mol. The molecule has 0 spiro atoms. The number of nitrogens with one attached hydrogen (secondary N) is 3. The Morgan fingerprint density at radius 2 is 2.17 bits per heavy atom. The first-order valence-electron chi connectivity index (χ1n) is 9.79. The monoisotopic (exact) mass is 421 g/mol. The van der Waals surface area contributed by atoms with E-state index < -0.39 is 0 Å². The highest BCUT2D eigenvalue weighted by molar-refractivity contribution is 5.92. The summed E-state index contributed by atoms with van der Waals surface area (Å²) in [6.07, 6.45) is 5.17. The summed E-state index contributed by atoms with van der Waals surface area (Å²) in [7, 11) is 0. The minimum Gasteiger partial charge on any atom is -0.349 e. The lowest BCUT2D eigenvalue weighted by molar-refractivity contribution is -0.148. The zero-order valence-corrected chi connectivity index (χ0v) is 16.6. The van der Waals surface area contributed by atoms with Gasteiger partial charge in [-0.3, -0.25) is 14.7 Å². The van der Waals surface area contributed by atoms with Crippen molar-refractivity contribution in [3.05, 3.63) is 18.1 Å². The summed E-state index contributed by atoms with van der Waals surface area (Å²) in [6, 6.07) is 1.93. The molecule has 0 radical (unpaired) electrons. The molecule has 0 saturated carbocycles. The number of hydrogen-bond acceptors (Lipinski definition) is 7. The summed E-state index contributed by atoms with van der Waals surface area (Å²) in [5, 5.41) is 24.2. The lowest BCUT2D eigenvalue weighted by atomic mass is 9.72. The molecule has 2 aromatic heterocycles. The second-order valence-electron chi connectivity index (χ2n) is 7.85. The lowest BCUT2D eigenvalue weighted by Crippen LogP contribution is -2.66. The molecule has 0 aromatic carbocycles. The highest BCUT2D eigenvalue weighted by Gasteiger charge is 2.47. The number of hydrogen-bond donors (Lipinski definition) is 3. The Bertz CT molecular complexity index is 870. The van der Waals surface area contributed by atoms with Crippen LogP contribution in [-0.4, -0.2) is 78.8 Å². The highest BCUT2D eigenvalue weighted by atomic mass is 35.5. The molecule has 3 saturated heterocycles. The fraction of sp³-hybridized carbons (Fsp3) is 0.647. The second kappa shape index (κ2) is 8.07. The molecule has 4 atom stereocenters. The van der Waals surface area contributed by atoms with Gasteiger partial charge in [0.1, 0.15) is 12.0 Å². The molecule has 0 unspecified atom stereocenters. The summed E-state index contributed by atoms with van der Waals surface area (Å²) >= 11 is 0. The number of carbonyl (C=O) groups excluding carboxylic acids is 2. The van der Waals surface area contributed by atoms with Crippen molar-refractivity contribution >= 4 is 24.2 Å². The van der Waals surface area contributed by atoms with Gasteiger partial charge in [-0.05, 0) is 48.1 Å². The molecule has 2 amide bonds. The number of aromatic amines is 1. The third-order valence-electron chi connectivity index (χ3n) is 6.26. The largest absolute Gasteiger partial charge is 0.349 e. The lowest BCUT2D eigenvalue weighted by Gasteiger charge is -2.54. The Labute approximate surface area is 173 Å². The van der Waals surface area contributed by atoms with Crippen LogP contribution in [0.25, 0.3) is 5.82 Å². The SMILES string of the molecule is Cl.O=C(NC[C@H]1[C@@H]2CNC[C@@H](C2)[C@@H]2CCCC(=O)N21)c1cc(-n2cnnn2)n[nH]1. The van der Waals surface area contributed by atoms with Gasteiger partial charge in [0.05, 0.1) is 6.04 Å². The van der Waals surface area contributed by atoms with Crippen molar-refractivity contribution in [1.29, 1.82) is 0 Å². The first-order chi connectivity index (χ1) is 13.7. The van der Waals surface area contributed by atoms with Crippen LogP contribution < -0.4 is 10.6 Å². The van der Waals surface area contributed by atoms with Crippen LogP contribution in [0, 0.1) is 11.8 Å². The fourth-order valence-electron chi connectivity index (χ4n) is 5.00. The predicted molar refractivity (Wildman–Crippen MR) is 104 cm³/mol. The highest BCUT2D eigenvalue weighted by Crippen LogP contribution is 2.39. The molecule has 3 aliphatic rings. The molecule has 2 aromatic rings. The molecule has 5 heterocycles. The van der Waals surface area contributed by atoms with E-state index >= 15 is 0 Å². The van der Waals surface area contributed by atoms with Crippen LogP contribution in [0.1, 0.15) is 36.2 Å². The van der Waals surface area contributed by atoms with E-state index in [4.69, 9.17) is 0 Å². The average Bonchev–Trinajstić information content (AvgIpc) is 3.40. The number of halogens is 1. The summed E-state index contributed by atoms with van der Waals surface area (Å²) in [5.74, 6) is 1.32. The average molecular weight is 422 g/mol. The Hall–Kier alpha value is -2.53. The van der Waals surface area contributed by atoms with E-state index in [0.717, 1.165) is 32.4 Å². The number of H-pyrrole nitrogens is 1. The van der Waals surface area contributed by atoms with Crippen molar-refractivity contribution < 1.29 is 9.59 Å². The number of amides is 2. The van der Waals surface area contributed by atoms with Crippen molar-refractivity contribution in [3.63, 3.8) is 0 Å². The molecule has 5 rings (SSSR count). The number of nitrogens with zero attached hydrogens (tertiary/aromatic N) is 6. The first kappa shape index (κ1) is 19.8. The van der Waals surface area contributed by atoms with Gasteiger partial charge < -0.3 is 15.5 Å². The summed E-state index contributed by atoms with van der Waals surface area (Å²) in [5.41, 5.74) is 0.336. The van der Waals surface area contributed by atoms with Gasteiger partial charge in [-0.15, -0.1) is 17.5 Å². The Kier molecular flexibility index (Phi) is 5.50. The van der Waals surface area contributed by atoms with E-state index in [9.17, 15) is 9.59 Å². The number of fused-ring (bicyclic) bond motifs is 4. The van der Waals surface area contributed by atoms with Crippen LogP contribution in [0.2, 0.25) is 0 Å². The quantitative estimate of drug-likeness (QED) is 0.607. The predicted octanol–water partition coefficient (Wildman–Crippen LogP) is -0.474. The molecule has 3 aliphatic heterocycles. The van der Waals surface area contributed by atoms with E-state index in [2.05, 4.69) is 41.3 Å². The van der Waals surface area contributed by atoms with Crippen LogP contribution in [0.3, 0.4) is 0 Å². The van der Waals surface area contributed by atoms with Crippen LogP contribution in [0.4, 0.5) is 0 Å². The van der Waals surface area contributed by atoms with Crippen molar-refractivity contribution in [3.8, 4) is 5.82 Å². The molecule has 29 heavy (non-hydrogen) atoms. The Balaban J connectivity index is 0.00000205. The van der Waals surface area contributed by atoms with Crippen molar-refractivity contribution in [2.75, 3.05) is 19.6 Å². The first-order valence-corrected chi connectivity index (χ1v) is 9.79. The smallest absolute Gasteiger partial charge is 0.269 e. The number of aromatic nitrogens is 6. The van der Waals surface area contributed by atoms with Gasteiger partial charge in [0.25, 0.3) is 5.91 Å². The van der Waals surface area contributed by atoms with Crippen LogP contribution in [0.15, 0.2) is 12.4 Å².